The summed E-state index contributed by atoms with van der Waals surface area (Å²) in [6.07, 6.45) is 1.21. The van der Waals surface area contributed by atoms with Gasteiger partial charge in [-0.1, -0.05) is 35.5 Å². The fraction of sp³-hybridized carbons (Fsp3) is 0.524. The molecule has 8 nitrogen and oxygen atoms in total. The van der Waals surface area contributed by atoms with Gasteiger partial charge in [0.2, 0.25) is 17.7 Å². The molecule has 2 aliphatic heterocycles. The molecule has 1 spiro atoms. The average Bonchev–Trinajstić information content (AvgIpc) is 3.30. The Bertz CT molecular complexity index is 876. The first kappa shape index (κ1) is 19.6. The van der Waals surface area contributed by atoms with Crippen molar-refractivity contribution in [1.29, 1.82) is 0 Å². The number of methoxy groups -OCH3 is 1. The normalized spacial score (nSPS) is 20.1. The first-order valence-corrected chi connectivity index (χ1v) is 9.89. The van der Waals surface area contributed by atoms with Crippen LogP contribution >= 0.6 is 0 Å². The monoisotopic (exact) mass is 398 g/mol. The van der Waals surface area contributed by atoms with Crippen LogP contribution in [-0.2, 0) is 20.7 Å². The summed E-state index contributed by atoms with van der Waals surface area (Å²) < 4.78 is 10.4. The van der Waals surface area contributed by atoms with E-state index in [-0.39, 0.29) is 29.8 Å². The number of carbonyl (C=O) groups is 2. The fourth-order valence-electron chi connectivity index (χ4n) is 4.43. The Morgan fingerprint density at radius 2 is 1.90 bits per heavy atom. The third kappa shape index (κ3) is 3.89. The predicted molar refractivity (Wildman–Crippen MR) is 104 cm³/mol. The molecular weight excluding hydrogens is 372 g/mol. The van der Waals surface area contributed by atoms with Crippen molar-refractivity contribution in [3.05, 3.63) is 47.6 Å². The molecule has 0 saturated carbocycles. The Hall–Kier alpha value is -2.74. The van der Waals surface area contributed by atoms with Crippen LogP contribution in [0, 0.1) is 12.3 Å². The number of likely N-dealkylation sites (tertiary alicyclic amines) is 2. The average molecular weight is 398 g/mol. The molecule has 1 aromatic heterocycles. The highest BCUT2D eigenvalue weighted by molar-refractivity contribution is 5.79. The molecule has 2 fully saturated rings. The van der Waals surface area contributed by atoms with Crippen molar-refractivity contribution < 1.29 is 18.8 Å². The van der Waals surface area contributed by atoms with Gasteiger partial charge in [0.05, 0.1) is 5.92 Å². The van der Waals surface area contributed by atoms with Crippen molar-refractivity contribution in [3.63, 3.8) is 0 Å². The van der Waals surface area contributed by atoms with Gasteiger partial charge in [0, 0.05) is 45.1 Å². The molecule has 1 unspecified atom stereocenters. The van der Waals surface area contributed by atoms with Crippen LogP contribution in [0.5, 0.6) is 0 Å². The molecule has 0 bridgehead atoms. The van der Waals surface area contributed by atoms with Crippen molar-refractivity contribution in [2.45, 2.75) is 25.7 Å². The molecule has 2 saturated heterocycles. The minimum absolute atomic E-state index is 0.0470. The van der Waals surface area contributed by atoms with Crippen molar-refractivity contribution in [2.75, 3.05) is 39.9 Å². The number of aromatic nitrogens is 2. The molecule has 0 N–H and O–H groups in total. The second kappa shape index (κ2) is 7.94. The van der Waals surface area contributed by atoms with Crippen molar-refractivity contribution in [1.82, 2.24) is 19.9 Å². The second-order valence-corrected chi connectivity index (χ2v) is 8.04. The lowest BCUT2D eigenvalue weighted by Crippen LogP contribution is -2.61. The van der Waals surface area contributed by atoms with Crippen LogP contribution in [0.1, 0.15) is 29.6 Å². The van der Waals surface area contributed by atoms with E-state index < -0.39 is 0 Å². The van der Waals surface area contributed by atoms with Gasteiger partial charge in [-0.15, -0.1) is 0 Å². The van der Waals surface area contributed by atoms with Gasteiger partial charge >= 0.3 is 0 Å². The number of hydrogen-bond donors (Lipinski definition) is 0. The van der Waals surface area contributed by atoms with Gasteiger partial charge in [0.25, 0.3) is 0 Å². The Morgan fingerprint density at radius 3 is 2.55 bits per heavy atom. The van der Waals surface area contributed by atoms with Gasteiger partial charge in [0.15, 0.2) is 5.82 Å². The molecule has 0 radical (unpaired) electrons. The molecule has 4 rings (SSSR count). The summed E-state index contributed by atoms with van der Waals surface area (Å²) >= 11 is 0. The minimum atomic E-state index is -0.231. The Morgan fingerprint density at radius 1 is 1.17 bits per heavy atom. The number of ether oxygens (including phenoxy) is 1. The highest BCUT2D eigenvalue weighted by atomic mass is 16.5. The van der Waals surface area contributed by atoms with Crippen LogP contribution in [0.25, 0.3) is 0 Å². The second-order valence-electron chi connectivity index (χ2n) is 8.04. The SMILES string of the molecule is COCC(=O)N1CC(c2nc(C)no2)C2(C1)CN(C(=O)CCc1ccccc1)C2. The number of aryl methyl sites for hydroxylation is 2. The molecule has 154 valence electrons. The lowest BCUT2D eigenvalue weighted by atomic mass is 9.71. The zero-order chi connectivity index (χ0) is 20.4. The summed E-state index contributed by atoms with van der Waals surface area (Å²) in [6, 6.07) is 10.0. The maximum Gasteiger partial charge on any atom is 0.248 e. The summed E-state index contributed by atoms with van der Waals surface area (Å²) in [4.78, 5) is 33.1. The molecule has 1 aromatic carbocycles. The van der Waals surface area contributed by atoms with Gasteiger partial charge in [-0.2, -0.15) is 4.98 Å². The van der Waals surface area contributed by atoms with Crippen LogP contribution < -0.4 is 0 Å². The van der Waals surface area contributed by atoms with Gasteiger partial charge < -0.3 is 19.1 Å². The first-order chi connectivity index (χ1) is 14.0. The molecule has 8 heteroatoms. The summed E-state index contributed by atoms with van der Waals surface area (Å²) in [7, 11) is 1.51. The number of hydrogen-bond acceptors (Lipinski definition) is 6. The predicted octanol–water partition coefficient (Wildman–Crippen LogP) is 1.41. The largest absolute Gasteiger partial charge is 0.375 e. The summed E-state index contributed by atoms with van der Waals surface area (Å²) in [5, 5.41) is 3.91. The Balaban J connectivity index is 1.42. The minimum Gasteiger partial charge on any atom is -0.375 e. The van der Waals surface area contributed by atoms with Crippen molar-refractivity contribution in [2.24, 2.45) is 5.41 Å². The fourth-order valence-corrected chi connectivity index (χ4v) is 4.43. The molecule has 1 atom stereocenters. The van der Waals surface area contributed by atoms with E-state index in [2.05, 4.69) is 10.1 Å². The van der Waals surface area contributed by atoms with Crippen LogP contribution in [0.15, 0.2) is 34.9 Å². The van der Waals surface area contributed by atoms with Crippen LogP contribution in [0.2, 0.25) is 0 Å². The van der Waals surface area contributed by atoms with Crippen molar-refractivity contribution in [3.8, 4) is 0 Å². The quantitative estimate of drug-likeness (QED) is 0.731. The van der Waals surface area contributed by atoms with Crippen LogP contribution in [-0.4, -0.2) is 71.7 Å². The van der Waals surface area contributed by atoms with Crippen molar-refractivity contribution >= 4 is 11.8 Å². The third-order valence-corrected chi connectivity index (χ3v) is 5.94. The van der Waals surface area contributed by atoms with E-state index in [1.165, 1.54) is 7.11 Å². The molecule has 29 heavy (non-hydrogen) atoms. The number of amides is 2. The Kier molecular flexibility index (Phi) is 5.36. The molecule has 2 amide bonds. The maximum atomic E-state index is 12.7. The Labute approximate surface area is 169 Å². The standard InChI is InChI=1S/C21H26N4O4/c1-15-22-20(29-23-15)17-10-24(19(27)11-28-2)12-21(17)13-25(14-21)18(26)9-8-16-6-4-3-5-7-16/h3-7,17H,8-14H2,1-2H3. The number of nitrogens with zero attached hydrogens (tertiary/aromatic N) is 4. The third-order valence-electron chi connectivity index (χ3n) is 5.94. The lowest BCUT2D eigenvalue weighted by molar-refractivity contribution is -0.144. The number of carbonyl (C=O) groups excluding carboxylic acids is 2. The molecule has 2 aliphatic rings. The maximum absolute atomic E-state index is 12.7. The summed E-state index contributed by atoms with van der Waals surface area (Å²) in [5.74, 6) is 1.14. The highest BCUT2D eigenvalue weighted by Gasteiger charge is 2.58. The molecule has 0 aliphatic carbocycles. The van der Waals surface area contributed by atoms with E-state index in [1.54, 1.807) is 11.8 Å². The van der Waals surface area contributed by atoms with E-state index in [0.717, 1.165) is 12.0 Å². The highest BCUT2D eigenvalue weighted by Crippen LogP contribution is 2.49. The number of rotatable bonds is 6. The number of benzene rings is 1. The summed E-state index contributed by atoms with van der Waals surface area (Å²) in [6.45, 7) is 4.11. The first-order valence-electron chi connectivity index (χ1n) is 9.89. The molecule has 2 aromatic rings. The van der Waals surface area contributed by atoms with E-state index >= 15 is 0 Å². The summed E-state index contributed by atoms with van der Waals surface area (Å²) in [5.41, 5.74) is 0.928. The van der Waals surface area contributed by atoms with Crippen LogP contribution in [0.3, 0.4) is 0 Å². The van der Waals surface area contributed by atoms with E-state index in [0.29, 0.717) is 44.3 Å². The molecular formula is C21H26N4O4. The molecule has 3 heterocycles. The van der Waals surface area contributed by atoms with Gasteiger partial charge in [0.1, 0.15) is 6.61 Å². The smallest absolute Gasteiger partial charge is 0.248 e. The van der Waals surface area contributed by atoms with Crippen LogP contribution in [0.4, 0.5) is 0 Å². The van der Waals surface area contributed by atoms with E-state index in [1.807, 2.05) is 35.2 Å². The topological polar surface area (TPSA) is 88.8 Å². The van der Waals surface area contributed by atoms with Gasteiger partial charge in [-0.05, 0) is 18.9 Å². The lowest BCUT2D eigenvalue weighted by Gasteiger charge is -2.50. The van der Waals surface area contributed by atoms with E-state index in [4.69, 9.17) is 9.26 Å². The zero-order valence-corrected chi connectivity index (χ0v) is 16.8. The van der Waals surface area contributed by atoms with Gasteiger partial charge in [-0.3, -0.25) is 9.59 Å². The zero-order valence-electron chi connectivity index (χ0n) is 16.8. The van der Waals surface area contributed by atoms with E-state index in [9.17, 15) is 9.59 Å². The van der Waals surface area contributed by atoms with Gasteiger partial charge in [-0.25, -0.2) is 0 Å².